The highest BCUT2D eigenvalue weighted by molar-refractivity contribution is 6.09. The van der Waals surface area contributed by atoms with E-state index < -0.39 is 5.91 Å². The fourth-order valence-corrected chi connectivity index (χ4v) is 3.49. The summed E-state index contributed by atoms with van der Waals surface area (Å²) in [5.41, 5.74) is 4.24. The second kappa shape index (κ2) is 10.3. The predicted octanol–water partition coefficient (Wildman–Crippen LogP) is 4.83. The molecule has 1 N–H and O–H groups in total. The topological polar surface area (TPSA) is 93.4 Å². The number of aryl methyl sites for hydroxylation is 1. The van der Waals surface area contributed by atoms with Crippen molar-refractivity contribution in [3.05, 3.63) is 82.7 Å². The summed E-state index contributed by atoms with van der Waals surface area (Å²) in [7, 11) is 1.56. The summed E-state index contributed by atoms with van der Waals surface area (Å²) in [4.78, 5) is 24.8. The molecule has 1 heterocycles. The van der Waals surface area contributed by atoms with Gasteiger partial charge in [-0.05, 0) is 80.9 Å². The summed E-state index contributed by atoms with van der Waals surface area (Å²) < 4.78 is 12.2. The molecule has 0 saturated carbocycles. The molecule has 33 heavy (non-hydrogen) atoms. The van der Waals surface area contributed by atoms with E-state index in [-0.39, 0.29) is 11.5 Å². The number of carbonyl (C=O) groups is 2. The summed E-state index contributed by atoms with van der Waals surface area (Å²) in [5.74, 6) is -0.218. The number of hydrogen-bond donors (Lipinski definition) is 1. The van der Waals surface area contributed by atoms with Crippen LogP contribution < -0.4 is 10.1 Å². The molecule has 0 aliphatic carbocycles. The molecule has 168 valence electrons. The van der Waals surface area contributed by atoms with Gasteiger partial charge in [0.05, 0.1) is 19.3 Å². The average Bonchev–Trinajstić information content (AvgIpc) is 3.10. The molecule has 2 aromatic carbocycles. The van der Waals surface area contributed by atoms with Gasteiger partial charge in [-0.3, -0.25) is 4.79 Å². The van der Waals surface area contributed by atoms with Gasteiger partial charge in [-0.15, -0.1) is 0 Å². The molecule has 0 atom stereocenters. The third-order valence-electron chi connectivity index (χ3n) is 5.10. The normalized spacial score (nSPS) is 10.9. The Kier molecular flexibility index (Phi) is 7.31. The number of rotatable bonds is 7. The Morgan fingerprint density at radius 3 is 2.48 bits per heavy atom. The van der Waals surface area contributed by atoms with Gasteiger partial charge < -0.3 is 19.4 Å². The second-order valence-electron chi connectivity index (χ2n) is 7.29. The molecule has 0 radical (unpaired) electrons. The Labute approximate surface area is 192 Å². The lowest BCUT2D eigenvalue weighted by atomic mass is 10.1. The SMILES string of the molecule is CCOC(=O)c1cccc(-n2c(C)cc(/C=C(/C#N)C(=O)Nc3ccc(OC)cc3)c2C)c1. The van der Waals surface area contributed by atoms with Crippen LogP contribution in [0.5, 0.6) is 5.75 Å². The number of hydrogen-bond acceptors (Lipinski definition) is 5. The Morgan fingerprint density at radius 1 is 1.12 bits per heavy atom. The van der Waals surface area contributed by atoms with E-state index in [2.05, 4.69) is 5.32 Å². The number of anilines is 1. The van der Waals surface area contributed by atoms with Crippen molar-refractivity contribution in [3.8, 4) is 17.5 Å². The number of ether oxygens (including phenoxy) is 2. The highest BCUT2D eigenvalue weighted by atomic mass is 16.5. The van der Waals surface area contributed by atoms with Gasteiger partial charge >= 0.3 is 5.97 Å². The highest BCUT2D eigenvalue weighted by Gasteiger charge is 2.15. The molecule has 1 aromatic heterocycles. The quantitative estimate of drug-likeness (QED) is 0.321. The second-order valence-corrected chi connectivity index (χ2v) is 7.29. The van der Waals surface area contributed by atoms with Crippen molar-refractivity contribution < 1.29 is 19.1 Å². The molecule has 3 rings (SSSR count). The van der Waals surface area contributed by atoms with Crippen LogP contribution in [0.1, 0.15) is 34.2 Å². The van der Waals surface area contributed by atoms with Gasteiger partial charge in [-0.25, -0.2) is 4.79 Å². The van der Waals surface area contributed by atoms with E-state index in [9.17, 15) is 14.9 Å². The van der Waals surface area contributed by atoms with Gasteiger partial charge in [-0.1, -0.05) is 6.07 Å². The number of nitriles is 1. The highest BCUT2D eigenvalue weighted by Crippen LogP contribution is 2.24. The molecular weight excluding hydrogens is 418 g/mol. The first-order chi connectivity index (χ1) is 15.9. The van der Waals surface area contributed by atoms with Gasteiger partial charge in [0.2, 0.25) is 0 Å². The van der Waals surface area contributed by atoms with Crippen molar-refractivity contribution >= 4 is 23.6 Å². The number of amides is 1. The van der Waals surface area contributed by atoms with E-state index in [1.165, 1.54) is 0 Å². The van der Waals surface area contributed by atoms with Crippen LogP contribution >= 0.6 is 0 Å². The van der Waals surface area contributed by atoms with Crippen molar-refractivity contribution in [3.63, 3.8) is 0 Å². The monoisotopic (exact) mass is 443 g/mol. The minimum Gasteiger partial charge on any atom is -0.497 e. The van der Waals surface area contributed by atoms with Gasteiger partial charge in [0, 0.05) is 22.8 Å². The zero-order valence-electron chi connectivity index (χ0n) is 19.0. The van der Waals surface area contributed by atoms with Crippen molar-refractivity contribution in [2.75, 3.05) is 19.0 Å². The maximum atomic E-state index is 12.7. The van der Waals surface area contributed by atoms with Crippen molar-refractivity contribution in [1.29, 1.82) is 5.26 Å². The lowest BCUT2D eigenvalue weighted by Crippen LogP contribution is -2.13. The molecule has 0 saturated heterocycles. The Balaban J connectivity index is 1.90. The van der Waals surface area contributed by atoms with Gasteiger partial charge in [-0.2, -0.15) is 5.26 Å². The van der Waals surface area contributed by atoms with Crippen molar-refractivity contribution in [1.82, 2.24) is 4.57 Å². The molecule has 7 nitrogen and oxygen atoms in total. The maximum Gasteiger partial charge on any atom is 0.338 e. The van der Waals surface area contributed by atoms with Crippen LogP contribution in [0.4, 0.5) is 5.69 Å². The van der Waals surface area contributed by atoms with E-state index in [1.807, 2.05) is 36.6 Å². The smallest absolute Gasteiger partial charge is 0.338 e. The number of methoxy groups -OCH3 is 1. The minimum atomic E-state index is -0.503. The van der Waals surface area contributed by atoms with E-state index >= 15 is 0 Å². The first-order valence-electron chi connectivity index (χ1n) is 10.4. The molecule has 0 fully saturated rings. The van der Waals surface area contributed by atoms with E-state index in [4.69, 9.17) is 9.47 Å². The molecule has 7 heteroatoms. The molecule has 0 unspecified atom stereocenters. The van der Waals surface area contributed by atoms with Gasteiger partial charge in [0.15, 0.2) is 0 Å². The molecule has 3 aromatic rings. The zero-order valence-corrected chi connectivity index (χ0v) is 19.0. The van der Waals surface area contributed by atoms with Crippen LogP contribution in [0.3, 0.4) is 0 Å². The minimum absolute atomic E-state index is 0.0219. The lowest BCUT2D eigenvalue weighted by molar-refractivity contribution is -0.112. The molecule has 0 aliphatic rings. The average molecular weight is 444 g/mol. The summed E-state index contributed by atoms with van der Waals surface area (Å²) in [6.45, 7) is 5.88. The van der Waals surface area contributed by atoms with E-state index in [0.29, 0.717) is 23.6 Å². The third kappa shape index (κ3) is 5.31. The van der Waals surface area contributed by atoms with Crippen LogP contribution in [0.25, 0.3) is 11.8 Å². The summed E-state index contributed by atoms with van der Waals surface area (Å²) >= 11 is 0. The molecule has 0 spiro atoms. The molecule has 0 bridgehead atoms. The van der Waals surface area contributed by atoms with Crippen molar-refractivity contribution in [2.24, 2.45) is 0 Å². The first kappa shape index (κ1) is 23.4. The van der Waals surface area contributed by atoms with E-state index in [0.717, 1.165) is 22.6 Å². The Hall–Kier alpha value is -4.31. The number of esters is 1. The van der Waals surface area contributed by atoms with Crippen LogP contribution in [0.15, 0.2) is 60.2 Å². The standard InChI is InChI=1S/C26H25N3O4/c1-5-33-26(31)19-7-6-8-23(15-19)29-17(2)13-20(18(29)3)14-21(16-27)25(30)28-22-9-11-24(32-4)12-10-22/h6-15H,5H2,1-4H3,(H,28,30)/b21-14-. The number of nitrogens with one attached hydrogen (secondary N) is 1. The number of aromatic nitrogens is 1. The summed E-state index contributed by atoms with van der Waals surface area (Å²) in [5, 5.41) is 12.3. The molecular formula is C26H25N3O4. The van der Waals surface area contributed by atoms with Crippen LogP contribution in [0.2, 0.25) is 0 Å². The van der Waals surface area contributed by atoms with E-state index in [1.54, 1.807) is 62.6 Å². The summed E-state index contributed by atoms with van der Waals surface area (Å²) in [6.07, 6.45) is 1.56. The molecule has 0 aliphatic heterocycles. The fourth-order valence-electron chi connectivity index (χ4n) is 3.49. The maximum absolute atomic E-state index is 12.7. The van der Waals surface area contributed by atoms with Crippen LogP contribution in [-0.4, -0.2) is 30.2 Å². The number of carbonyl (C=O) groups excluding carboxylic acids is 2. The van der Waals surface area contributed by atoms with Gasteiger partial charge in [0.25, 0.3) is 5.91 Å². The Bertz CT molecular complexity index is 1250. The van der Waals surface area contributed by atoms with Crippen molar-refractivity contribution in [2.45, 2.75) is 20.8 Å². The lowest BCUT2D eigenvalue weighted by Gasteiger charge is -2.11. The predicted molar refractivity (Wildman–Crippen MR) is 126 cm³/mol. The van der Waals surface area contributed by atoms with Gasteiger partial charge in [0.1, 0.15) is 17.4 Å². The largest absolute Gasteiger partial charge is 0.497 e. The van der Waals surface area contributed by atoms with Crippen LogP contribution in [-0.2, 0) is 9.53 Å². The zero-order chi connectivity index (χ0) is 24.0. The number of nitrogens with zero attached hydrogens (tertiary/aromatic N) is 2. The fraction of sp³-hybridized carbons (Fsp3) is 0.192. The summed E-state index contributed by atoms with van der Waals surface area (Å²) in [6, 6.07) is 17.9. The van der Waals surface area contributed by atoms with Crippen LogP contribution in [0, 0.1) is 25.2 Å². The first-order valence-corrected chi connectivity index (χ1v) is 10.4. The Morgan fingerprint density at radius 2 is 1.85 bits per heavy atom. The number of benzene rings is 2. The molecule has 1 amide bonds. The third-order valence-corrected chi connectivity index (χ3v) is 5.10.